The van der Waals surface area contributed by atoms with Gasteiger partial charge in [-0.05, 0) is 6.92 Å². The molecule has 0 radical (unpaired) electrons. The summed E-state index contributed by atoms with van der Waals surface area (Å²) in [6.45, 7) is 2.21. The highest BCUT2D eigenvalue weighted by Gasteiger charge is 1.93. The standard InChI is InChI=1S/C9H11NO2/c1-8(11)2-5-10-6-3-9(12)4-7-10/h3-4,6-7H,2,5H2,1H3. The van der Waals surface area contributed by atoms with Crippen LogP contribution >= 0.6 is 0 Å². The molecule has 0 fully saturated rings. The fourth-order valence-electron chi connectivity index (χ4n) is 0.879. The van der Waals surface area contributed by atoms with E-state index < -0.39 is 0 Å². The molecule has 0 aliphatic carbocycles. The summed E-state index contributed by atoms with van der Waals surface area (Å²) in [7, 11) is 0. The number of aromatic nitrogens is 1. The maximum absolute atomic E-state index is 10.7. The lowest BCUT2D eigenvalue weighted by Gasteiger charge is -2.01. The van der Waals surface area contributed by atoms with Crippen molar-refractivity contribution in [1.82, 2.24) is 4.57 Å². The third-order valence-corrected chi connectivity index (χ3v) is 1.58. The van der Waals surface area contributed by atoms with Crippen LogP contribution < -0.4 is 5.43 Å². The van der Waals surface area contributed by atoms with E-state index in [1.54, 1.807) is 19.3 Å². The lowest BCUT2D eigenvalue weighted by molar-refractivity contribution is -0.117. The van der Waals surface area contributed by atoms with Gasteiger partial charge in [0, 0.05) is 37.5 Å². The zero-order valence-electron chi connectivity index (χ0n) is 6.99. The summed E-state index contributed by atoms with van der Waals surface area (Å²) in [5, 5.41) is 0. The molecule has 0 aliphatic rings. The van der Waals surface area contributed by atoms with Crippen LogP contribution in [0.25, 0.3) is 0 Å². The largest absolute Gasteiger partial charge is 0.354 e. The molecule has 0 spiro atoms. The van der Waals surface area contributed by atoms with E-state index in [4.69, 9.17) is 0 Å². The number of aryl methyl sites for hydroxylation is 1. The van der Waals surface area contributed by atoms with Gasteiger partial charge in [0.25, 0.3) is 0 Å². The first-order valence-electron chi connectivity index (χ1n) is 3.84. The van der Waals surface area contributed by atoms with Crippen molar-refractivity contribution in [3.05, 3.63) is 34.7 Å². The molecular formula is C9H11NO2. The number of Topliss-reactive ketones (excluding diaryl/α,β-unsaturated/α-hetero) is 1. The first-order chi connectivity index (χ1) is 5.68. The predicted molar refractivity (Wildman–Crippen MR) is 46.0 cm³/mol. The average molecular weight is 165 g/mol. The predicted octanol–water partition coefficient (Wildman–Crippen LogP) is 0.827. The molecule has 0 aliphatic heterocycles. The Hall–Kier alpha value is -1.38. The molecule has 1 aromatic heterocycles. The van der Waals surface area contributed by atoms with Gasteiger partial charge in [-0.1, -0.05) is 0 Å². The molecule has 0 unspecified atom stereocenters. The highest BCUT2D eigenvalue weighted by Crippen LogP contribution is 1.89. The quantitative estimate of drug-likeness (QED) is 0.665. The Balaban J connectivity index is 2.59. The summed E-state index contributed by atoms with van der Waals surface area (Å²) in [5.41, 5.74) is -0.00549. The highest BCUT2D eigenvalue weighted by molar-refractivity contribution is 5.75. The van der Waals surface area contributed by atoms with Crippen LogP contribution in [0.2, 0.25) is 0 Å². The van der Waals surface area contributed by atoms with E-state index in [-0.39, 0.29) is 11.2 Å². The molecular weight excluding hydrogens is 154 g/mol. The Morgan fingerprint density at radius 1 is 1.42 bits per heavy atom. The van der Waals surface area contributed by atoms with Gasteiger partial charge in [-0.25, -0.2) is 0 Å². The van der Waals surface area contributed by atoms with Crippen molar-refractivity contribution in [2.75, 3.05) is 0 Å². The molecule has 0 N–H and O–H groups in total. The topological polar surface area (TPSA) is 39.1 Å². The molecule has 0 saturated carbocycles. The number of carbonyl (C=O) groups is 1. The number of nitrogens with zero attached hydrogens (tertiary/aromatic N) is 1. The van der Waals surface area contributed by atoms with E-state index in [0.717, 1.165) is 0 Å². The second-order valence-electron chi connectivity index (χ2n) is 2.72. The Morgan fingerprint density at radius 3 is 2.50 bits per heavy atom. The zero-order valence-corrected chi connectivity index (χ0v) is 6.99. The SMILES string of the molecule is CC(=O)CCn1ccc(=O)cc1. The van der Waals surface area contributed by atoms with Crippen LogP contribution in [0.5, 0.6) is 0 Å². The van der Waals surface area contributed by atoms with Crippen molar-refractivity contribution >= 4 is 5.78 Å². The lowest BCUT2D eigenvalue weighted by Crippen LogP contribution is -2.06. The van der Waals surface area contributed by atoms with Crippen LogP contribution in [-0.4, -0.2) is 10.4 Å². The summed E-state index contributed by atoms with van der Waals surface area (Å²) >= 11 is 0. The van der Waals surface area contributed by atoms with Crippen LogP contribution in [-0.2, 0) is 11.3 Å². The number of hydrogen-bond donors (Lipinski definition) is 0. The second kappa shape index (κ2) is 3.85. The summed E-state index contributed by atoms with van der Waals surface area (Å²) in [4.78, 5) is 21.3. The number of hydrogen-bond acceptors (Lipinski definition) is 2. The minimum absolute atomic E-state index is 0.00549. The molecule has 1 aromatic rings. The molecule has 0 aromatic carbocycles. The van der Waals surface area contributed by atoms with Crippen molar-refractivity contribution in [3.63, 3.8) is 0 Å². The van der Waals surface area contributed by atoms with Crippen LogP contribution in [0, 0.1) is 0 Å². The average Bonchev–Trinajstić information content (AvgIpc) is 2.03. The number of pyridine rings is 1. The minimum atomic E-state index is -0.00549. The smallest absolute Gasteiger partial charge is 0.181 e. The third-order valence-electron chi connectivity index (χ3n) is 1.58. The van der Waals surface area contributed by atoms with Gasteiger partial charge in [-0.3, -0.25) is 9.59 Å². The number of ketones is 1. The Labute approximate surface area is 70.6 Å². The molecule has 12 heavy (non-hydrogen) atoms. The molecule has 1 heterocycles. The first kappa shape index (κ1) is 8.71. The Morgan fingerprint density at radius 2 is 2.00 bits per heavy atom. The molecule has 3 heteroatoms. The highest BCUT2D eigenvalue weighted by atomic mass is 16.1. The van der Waals surface area contributed by atoms with Gasteiger partial charge in [0.15, 0.2) is 5.43 Å². The molecule has 0 saturated heterocycles. The Kier molecular flexibility index (Phi) is 2.80. The molecule has 1 rings (SSSR count). The van der Waals surface area contributed by atoms with Crippen molar-refractivity contribution in [3.8, 4) is 0 Å². The number of rotatable bonds is 3. The van der Waals surface area contributed by atoms with Gasteiger partial charge in [-0.15, -0.1) is 0 Å². The van der Waals surface area contributed by atoms with E-state index in [0.29, 0.717) is 13.0 Å². The van der Waals surface area contributed by atoms with E-state index in [1.807, 2.05) is 4.57 Å². The maximum Gasteiger partial charge on any atom is 0.181 e. The van der Waals surface area contributed by atoms with E-state index in [9.17, 15) is 9.59 Å². The van der Waals surface area contributed by atoms with Crippen molar-refractivity contribution in [2.24, 2.45) is 0 Å². The van der Waals surface area contributed by atoms with Crippen LogP contribution in [0.15, 0.2) is 29.3 Å². The summed E-state index contributed by atoms with van der Waals surface area (Å²) < 4.78 is 1.82. The third kappa shape index (κ3) is 2.70. The molecule has 3 nitrogen and oxygen atoms in total. The number of carbonyl (C=O) groups excluding carboxylic acids is 1. The van der Waals surface area contributed by atoms with Crippen molar-refractivity contribution in [2.45, 2.75) is 19.9 Å². The van der Waals surface area contributed by atoms with Crippen LogP contribution in [0.4, 0.5) is 0 Å². The summed E-state index contributed by atoms with van der Waals surface area (Å²) in [6.07, 6.45) is 3.89. The molecule has 0 amide bonds. The van der Waals surface area contributed by atoms with Crippen molar-refractivity contribution < 1.29 is 4.79 Å². The molecule has 0 atom stereocenters. The van der Waals surface area contributed by atoms with Crippen molar-refractivity contribution in [1.29, 1.82) is 0 Å². The first-order valence-corrected chi connectivity index (χ1v) is 3.84. The van der Waals surface area contributed by atoms with Gasteiger partial charge < -0.3 is 4.57 Å². The van der Waals surface area contributed by atoms with Gasteiger partial charge in [0.1, 0.15) is 5.78 Å². The normalized spacial score (nSPS) is 9.75. The lowest BCUT2D eigenvalue weighted by atomic mass is 10.3. The molecule has 64 valence electrons. The van der Waals surface area contributed by atoms with Gasteiger partial charge in [0.05, 0.1) is 0 Å². The van der Waals surface area contributed by atoms with Crippen LogP contribution in [0.3, 0.4) is 0 Å². The van der Waals surface area contributed by atoms with Gasteiger partial charge in [-0.2, -0.15) is 0 Å². The summed E-state index contributed by atoms with van der Waals surface area (Å²) in [6, 6.07) is 2.97. The van der Waals surface area contributed by atoms with E-state index in [2.05, 4.69) is 0 Å². The molecule has 0 bridgehead atoms. The van der Waals surface area contributed by atoms with E-state index >= 15 is 0 Å². The minimum Gasteiger partial charge on any atom is -0.354 e. The monoisotopic (exact) mass is 165 g/mol. The van der Waals surface area contributed by atoms with Gasteiger partial charge >= 0.3 is 0 Å². The second-order valence-corrected chi connectivity index (χ2v) is 2.72. The fourth-order valence-corrected chi connectivity index (χ4v) is 0.879. The van der Waals surface area contributed by atoms with Gasteiger partial charge in [0.2, 0.25) is 0 Å². The zero-order chi connectivity index (χ0) is 8.97. The van der Waals surface area contributed by atoms with Crippen LogP contribution in [0.1, 0.15) is 13.3 Å². The van der Waals surface area contributed by atoms with E-state index in [1.165, 1.54) is 12.1 Å². The Bertz CT molecular complexity index is 307. The fraction of sp³-hybridized carbons (Fsp3) is 0.333. The summed E-state index contributed by atoms with van der Waals surface area (Å²) in [5.74, 6) is 0.161. The maximum atomic E-state index is 10.7.